The Kier molecular flexibility index (Phi) is 4.76. The number of nitrogens with zero attached hydrogens (tertiary/aromatic N) is 1. The van der Waals surface area contributed by atoms with Gasteiger partial charge in [0.2, 0.25) is 5.88 Å². The van der Waals surface area contributed by atoms with Crippen molar-refractivity contribution in [3.8, 4) is 11.6 Å². The molecule has 1 aromatic heterocycles. The van der Waals surface area contributed by atoms with Gasteiger partial charge in [-0.15, -0.1) is 0 Å². The summed E-state index contributed by atoms with van der Waals surface area (Å²) in [5, 5.41) is 10.4. The Balaban J connectivity index is 2.33. The van der Waals surface area contributed by atoms with E-state index in [1.165, 1.54) is 24.4 Å². The number of halogens is 4. The number of ether oxygens (including phenoxy) is 1. The SMILES string of the molecule is OCc1cc(Oc2cc(Cl)c(Cl)cc2Cl)ncc1Cl. The van der Waals surface area contributed by atoms with Crippen molar-refractivity contribution >= 4 is 46.4 Å². The minimum atomic E-state index is -0.215. The fourth-order valence-corrected chi connectivity index (χ4v) is 2.07. The van der Waals surface area contributed by atoms with Gasteiger partial charge < -0.3 is 9.84 Å². The van der Waals surface area contributed by atoms with Crippen LogP contribution in [0.2, 0.25) is 20.1 Å². The topological polar surface area (TPSA) is 42.4 Å². The Morgan fingerprint density at radius 1 is 0.947 bits per heavy atom. The number of hydrogen-bond acceptors (Lipinski definition) is 3. The van der Waals surface area contributed by atoms with Crippen LogP contribution in [0.25, 0.3) is 0 Å². The van der Waals surface area contributed by atoms with Crippen molar-refractivity contribution in [2.75, 3.05) is 0 Å². The maximum Gasteiger partial charge on any atom is 0.219 e. The molecule has 0 radical (unpaired) electrons. The van der Waals surface area contributed by atoms with E-state index >= 15 is 0 Å². The summed E-state index contributed by atoms with van der Waals surface area (Å²) in [6.07, 6.45) is 1.38. The van der Waals surface area contributed by atoms with E-state index in [9.17, 15) is 0 Å². The summed E-state index contributed by atoms with van der Waals surface area (Å²) in [5.41, 5.74) is 0.503. The van der Waals surface area contributed by atoms with Crippen molar-refractivity contribution in [3.63, 3.8) is 0 Å². The Morgan fingerprint density at radius 3 is 2.32 bits per heavy atom. The lowest BCUT2D eigenvalue weighted by Gasteiger charge is -2.09. The Bertz CT molecular complexity index is 619. The predicted molar refractivity (Wildman–Crippen MR) is 76.7 cm³/mol. The highest BCUT2D eigenvalue weighted by molar-refractivity contribution is 6.43. The lowest BCUT2D eigenvalue weighted by molar-refractivity contribution is 0.281. The first-order valence-electron chi connectivity index (χ1n) is 5.09. The van der Waals surface area contributed by atoms with Crippen LogP contribution < -0.4 is 4.74 Å². The maximum absolute atomic E-state index is 9.11. The Hall–Kier alpha value is -0.710. The summed E-state index contributed by atoms with van der Waals surface area (Å²) >= 11 is 23.5. The molecule has 0 aliphatic rings. The van der Waals surface area contributed by atoms with Crippen molar-refractivity contribution in [3.05, 3.63) is 50.0 Å². The Labute approximate surface area is 129 Å². The molecule has 19 heavy (non-hydrogen) atoms. The lowest BCUT2D eigenvalue weighted by atomic mass is 10.3. The van der Waals surface area contributed by atoms with Gasteiger partial charge in [0.1, 0.15) is 5.75 Å². The lowest BCUT2D eigenvalue weighted by Crippen LogP contribution is -1.93. The average Bonchev–Trinajstić information content (AvgIpc) is 2.38. The van der Waals surface area contributed by atoms with E-state index in [1.54, 1.807) is 0 Å². The molecule has 1 aromatic carbocycles. The first-order chi connectivity index (χ1) is 9.01. The van der Waals surface area contributed by atoms with Crippen LogP contribution in [-0.2, 0) is 6.61 Å². The Morgan fingerprint density at radius 2 is 1.63 bits per heavy atom. The number of aliphatic hydroxyl groups excluding tert-OH is 1. The second-order valence-electron chi connectivity index (χ2n) is 3.57. The molecule has 0 amide bonds. The van der Waals surface area contributed by atoms with Gasteiger partial charge in [-0.1, -0.05) is 46.4 Å². The second-order valence-corrected chi connectivity index (χ2v) is 5.20. The van der Waals surface area contributed by atoms with Gasteiger partial charge in [0.15, 0.2) is 0 Å². The van der Waals surface area contributed by atoms with Crippen LogP contribution in [0.5, 0.6) is 11.6 Å². The van der Waals surface area contributed by atoms with Crippen LogP contribution in [0.4, 0.5) is 0 Å². The molecule has 1 N–H and O–H groups in total. The molecule has 2 aromatic rings. The number of benzene rings is 1. The molecule has 0 aliphatic heterocycles. The predicted octanol–water partition coefficient (Wildman–Crippen LogP) is 4.98. The molecule has 0 fully saturated rings. The third kappa shape index (κ3) is 3.44. The maximum atomic E-state index is 9.11. The molecular formula is C12H7Cl4NO2. The van der Waals surface area contributed by atoms with E-state index in [4.69, 9.17) is 56.2 Å². The van der Waals surface area contributed by atoms with E-state index in [1.807, 2.05) is 0 Å². The molecule has 0 bridgehead atoms. The summed E-state index contributed by atoms with van der Waals surface area (Å²) in [6.45, 7) is -0.215. The zero-order valence-electron chi connectivity index (χ0n) is 9.33. The van der Waals surface area contributed by atoms with Crippen molar-refractivity contribution in [1.82, 2.24) is 4.98 Å². The molecule has 3 nitrogen and oxygen atoms in total. The third-order valence-corrected chi connectivity index (χ3v) is 3.63. The van der Waals surface area contributed by atoms with Gasteiger partial charge in [0.25, 0.3) is 0 Å². The highest BCUT2D eigenvalue weighted by Gasteiger charge is 2.10. The first-order valence-corrected chi connectivity index (χ1v) is 6.60. The van der Waals surface area contributed by atoms with Crippen molar-refractivity contribution in [2.24, 2.45) is 0 Å². The molecule has 1 heterocycles. The van der Waals surface area contributed by atoms with Crippen LogP contribution in [0.1, 0.15) is 5.56 Å². The molecule has 0 saturated heterocycles. The van der Waals surface area contributed by atoms with Gasteiger partial charge in [-0.05, 0) is 6.07 Å². The monoisotopic (exact) mass is 337 g/mol. The number of aliphatic hydroxyl groups is 1. The van der Waals surface area contributed by atoms with Crippen molar-refractivity contribution < 1.29 is 9.84 Å². The summed E-state index contributed by atoms with van der Waals surface area (Å²) in [7, 11) is 0. The van der Waals surface area contributed by atoms with Crippen LogP contribution in [0.3, 0.4) is 0 Å². The van der Waals surface area contributed by atoms with Gasteiger partial charge in [0.05, 0.1) is 26.7 Å². The molecule has 0 saturated carbocycles. The third-order valence-electron chi connectivity index (χ3n) is 2.27. The van der Waals surface area contributed by atoms with E-state index in [2.05, 4.69) is 4.98 Å². The van der Waals surface area contributed by atoms with Crippen LogP contribution in [0.15, 0.2) is 24.4 Å². The number of pyridine rings is 1. The highest BCUT2D eigenvalue weighted by atomic mass is 35.5. The van der Waals surface area contributed by atoms with Crippen LogP contribution in [-0.4, -0.2) is 10.1 Å². The number of aromatic nitrogens is 1. The average molecular weight is 339 g/mol. The molecule has 0 spiro atoms. The fraction of sp³-hybridized carbons (Fsp3) is 0.0833. The van der Waals surface area contributed by atoms with Gasteiger partial charge >= 0.3 is 0 Å². The smallest absolute Gasteiger partial charge is 0.219 e. The summed E-state index contributed by atoms with van der Waals surface area (Å²) in [6, 6.07) is 4.48. The zero-order valence-corrected chi connectivity index (χ0v) is 12.4. The number of hydrogen-bond donors (Lipinski definition) is 1. The first kappa shape index (κ1) is 14.7. The molecular weight excluding hydrogens is 332 g/mol. The van der Waals surface area contributed by atoms with Gasteiger partial charge in [0, 0.05) is 23.9 Å². The van der Waals surface area contributed by atoms with Gasteiger partial charge in [-0.2, -0.15) is 0 Å². The van der Waals surface area contributed by atoms with Crippen molar-refractivity contribution in [2.45, 2.75) is 6.61 Å². The molecule has 7 heteroatoms. The van der Waals surface area contributed by atoms with E-state index in [-0.39, 0.29) is 12.5 Å². The standard InChI is InChI=1S/C12H7Cl4NO2/c13-7-2-9(15)11(3-8(7)14)19-12-1-6(5-18)10(16)4-17-12/h1-4,18H,5H2. The summed E-state index contributed by atoms with van der Waals surface area (Å²) in [4.78, 5) is 3.98. The number of rotatable bonds is 3. The summed E-state index contributed by atoms with van der Waals surface area (Å²) < 4.78 is 5.49. The van der Waals surface area contributed by atoms with Gasteiger partial charge in [-0.3, -0.25) is 0 Å². The zero-order chi connectivity index (χ0) is 14.0. The van der Waals surface area contributed by atoms with Gasteiger partial charge in [-0.25, -0.2) is 4.98 Å². The molecule has 100 valence electrons. The molecule has 0 atom stereocenters. The highest BCUT2D eigenvalue weighted by Crippen LogP contribution is 2.36. The quantitative estimate of drug-likeness (QED) is 0.802. The molecule has 2 rings (SSSR count). The van der Waals surface area contributed by atoms with Crippen LogP contribution in [0, 0.1) is 0 Å². The van der Waals surface area contributed by atoms with E-state index in [0.29, 0.717) is 31.4 Å². The minimum absolute atomic E-state index is 0.215. The largest absolute Gasteiger partial charge is 0.437 e. The molecule has 0 aliphatic carbocycles. The fourth-order valence-electron chi connectivity index (χ4n) is 1.33. The van der Waals surface area contributed by atoms with Crippen LogP contribution >= 0.6 is 46.4 Å². The van der Waals surface area contributed by atoms with Crippen molar-refractivity contribution in [1.29, 1.82) is 0 Å². The minimum Gasteiger partial charge on any atom is -0.437 e. The summed E-state index contributed by atoms with van der Waals surface area (Å²) in [5.74, 6) is 0.559. The van der Waals surface area contributed by atoms with E-state index < -0.39 is 0 Å². The normalized spacial score (nSPS) is 10.6. The molecule has 0 unspecified atom stereocenters. The second kappa shape index (κ2) is 6.16. The van der Waals surface area contributed by atoms with E-state index in [0.717, 1.165) is 0 Å².